The van der Waals surface area contributed by atoms with Gasteiger partial charge in [-0.2, -0.15) is 18.4 Å². The van der Waals surface area contributed by atoms with Gasteiger partial charge in [0.25, 0.3) is 0 Å². The number of hydrogen-bond donors (Lipinski definition) is 1. The van der Waals surface area contributed by atoms with Crippen LogP contribution in [0.5, 0.6) is 11.5 Å². The summed E-state index contributed by atoms with van der Waals surface area (Å²) >= 11 is 0. The molecule has 1 amide bonds. The van der Waals surface area contributed by atoms with Gasteiger partial charge in [0.15, 0.2) is 11.5 Å². The summed E-state index contributed by atoms with van der Waals surface area (Å²) in [6, 6.07) is 10.6. The van der Waals surface area contributed by atoms with Crippen LogP contribution in [0, 0.1) is 11.3 Å². The summed E-state index contributed by atoms with van der Waals surface area (Å²) < 4.78 is 56.9. The van der Waals surface area contributed by atoms with Gasteiger partial charge >= 0.3 is 6.18 Å². The smallest absolute Gasteiger partial charge is 0.418 e. The highest BCUT2D eigenvalue weighted by Gasteiger charge is 2.34. The summed E-state index contributed by atoms with van der Waals surface area (Å²) in [7, 11) is 1.44. The lowest BCUT2D eigenvalue weighted by molar-refractivity contribution is -0.136. The van der Waals surface area contributed by atoms with Crippen LogP contribution in [0.15, 0.2) is 36.4 Å². The molecule has 0 aliphatic carbocycles. The number of alkyl halides is 3. The summed E-state index contributed by atoms with van der Waals surface area (Å²) in [4.78, 5) is 14.1. The Labute approximate surface area is 189 Å². The number of carbonyl (C=O) groups is 1. The van der Waals surface area contributed by atoms with Crippen LogP contribution in [-0.4, -0.2) is 45.9 Å². The number of anilines is 2. The van der Waals surface area contributed by atoms with Crippen molar-refractivity contribution in [1.82, 2.24) is 0 Å². The molecular formula is C23H24F3N3O4. The molecule has 3 rings (SSSR count). The molecule has 1 aliphatic rings. The summed E-state index contributed by atoms with van der Waals surface area (Å²) in [6.45, 7) is 2.07. The molecule has 10 heteroatoms. The topological polar surface area (TPSA) is 83.8 Å². The summed E-state index contributed by atoms with van der Waals surface area (Å²) in [5, 5.41) is 11.3. The third kappa shape index (κ3) is 6.52. The number of benzene rings is 2. The van der Waals surface area contributed by atoms with E-state index in [2.05, 4.69) is 5.32 Å². The molecular weight excluding hydrogens is 439 g/mol. The molecule has 0 saturated carbocycles. The summed E-state index contributed by atoms with van der Waals surface area (Å²) in [5.41, 5.74) is -0.315. The number of halogens is 3. The van der Waals surface area contributed by atoms with Crippen LogP contribution in [0.2, 0.25) is 0 Å². The highest BCUT2D eigenvalue weighted by molar-refractivity contribution is 5.92. The molecule has 0 bridgehead atoms. The van der Waals surface area contributed by atoms with Crippen molar-refractivity contribution in [3.05, 3.63) is 47.5 Å². The maximum Gasteiger partial charge on any atom is 0.418 e. The van der Waals surface area contributed by atoms with E-state index in [4.69, 9.17) is 19.5 Å². The van der Waals surface area contributed by atoms with Gasteiger partial charge in [-0.1, -0.05) is 0 Å². The quantitative estimate of drug-likeness (QED) is 0.591. The van der Waals surface area contributed by atoms with Crippen molar-refractivity contribution in [2.24, 2.45) is 0 Å². The molecule has 0 aromatic heterocycles. The first-order chi connectivity index (χ1) is 15.8. The van der Waals surface area contributed by atoms with E-state index in [0.29, 0.717) is 49.1 Å². The molecule has 1 N–H and O–H groups in total. The Morgan fingerprint density at radius 3 is 2.61 bits per heavy atom. The Morgan fingerprint density at radius 2 is 1.94 bits per heavy atom. The molecule has 7 nitrogen and oxygen atoms in total. The molecule has 176 valence electrons. The minimum atomic E-state index is -4.61. The van der Waals surface area contributed by atoms with Gasteiger partial charge in [0.05, 0.1) is 49.8 Å². The summed E-state index contributed by atoms with van der Waals surface area (Å²) in [6.07, 6.45) is -4.36. The molecule has 2 aromatic carbocycles. The third-order valence-electron chi connectivity index (χ3n) is 5.06. The minimum absolute atomic E-state index is 0.0267. The fraction of sp³-hybridized carbons (Fsp3) is 0.391. The number of amides is 1. The number of ether oxygens (including phenoxy) is 3. The lowest BCUT2D eigenvalue weighted by Crippen LogP contribution is -2.36. The van der Waals surface area contributed by atoms with Crippen molar-refractivity contribution in [3.8, 4) is 17.6 Å². The van der Waals surface area contributed by atoms with Gasteiger partial charge in [0, 0.05) is 31.3 Å². The standard InChI is InChI=1S/C23H24F3N3O4/c1-31-21-13-16(15-27)4-7-20(21)33-10-2-3-22(30)28-19-6-5-17(14-18(19)23(24,25)26)29-8-11-32-12-9-29/h4-7,13-14H,2-3,8-12H2,1H3,(H,28,30). The summed E-state index contributed by atoms with van der Waals surface area (Å²) in [5.74, 6) is 0.249. The van der Waals surface area contributed by atoms with Crippen molar-refractivity contribution >= 4 is 17.3 Å². The molecule has 0 unspecified atom stereocenters. The third-order valence-corrected chi connectivity index (χ3v) is 5.06. The van der Waals surface area contributed by atoms with Crippen LogP contribution in [0.25, 0.3) is 0 Å². The van der Waals surface area contributed by atoms with Gasteiger partial charge in [-0.3, -0.25) is 4.79 Å². The van der Waals surface area contributed by atoms with Gasteiger partial charge in [0.1, 0.15) is 0 Å². The van der Waals surface area contributed by atoms with Crippen LogP contribution in [0.1, 0.15) is 24.0 Å². The SMILES string of the molecule is COc1cc(C#N)ccc1OCCCC(=O)Nc1ccc(N2CCOCC2)cc1C(F)(F)F. The Balaban J connectivity index is 1.58. The van der Waals surface area contributed by atoms with Gasteiger partial charge in [-0.25, -0.2) is 0 Å². The van der Waals surface area contributed by atoms with Crippen LogP contribution >= 0.6 is 0 Å². The van der Waals surface area contributed by atoms with E-state index < -0.39 is 17.6 Å². The Kier molecular flexibility index (Phi) is 8.01. The number of hydrogen-bond acceptors (Lipinski definition) is 6. The first-order valence-corrected chi connectivity index (χ1v) is 10.4. The Morgan fingerprint density at radius 1 is 1.18 bits per heavy atom. The maximum atomic E-state index is 13.6. The van der Waals surface area contributed by atoms with E-state index in [1.165, 1.54) is 19.2 Å². The zero-order valence-corrected chi connectivity index (χ0v) is 18.1. The van der Waals surface area contributed by atoms with E-state index in [1.807, 2.05) is 11.0 Å². The van der Waals surface area contributed by atoms with Crippen LogP contribution in [0.3, 0.4) is 0 Å². The van der Waals surface area contributed by atoms with Gasteiger partial charge in [-0.05, 0) is 36.8 Å². The minimum Gasteiger partial charge on any atom is -0.493 e. The van der Waals surface area contributed by atoms with Crippen molar-refractivity contribution in [2.75, 3.05) is 50.2 Å². The average Bonchev–Trinajstić information content (AvgIpc) is 2.82. The monoisotopic (exact) mass is 463 g/mol. The van der Waals surface area contributed by atoms with Gasteiger partial charge in [-0.15, -0.1) is 0 Å². The normalized spacial score (nSPS) is 13.8. The fourth-order valence-corrected chi connectivity index (χ4v) is 3.38. The van der Waals surface area contributed by atoms with E-state index in [-0.39, 0.29) is 25.1 Å². The number of methoxy groups -OCH3 is 1. The molecule has 33 heavy (non-hydrogen) atoms. The van der Waals surface area contributed by atoms with Crippen molar-refractivity contribution in [3.63, 3.8) is 0 Å². The fourth-order valence-electron chi connectivity index (χ4n) is 3.38. The maximum absolute atomic E-state index is 13.6. The predicted octanol–water partition coefficient (Wildman–Crippen LogP) is 4.22. The first kappa shape index (κ1) is 24.2. The van der Waals surface area contributed by atoms with Crippen LogP contribution in [0.4, 0.5) is 24.5 Å². The highest BCUT2D eigenvalue weighted by atomic mass is 19.4. The molecule has 1 fully saturated rings. The van der Waals surface area contributed by atoms with Gasteiger partial charge < -0.3 is 24.4 Å². The molecule has 1 saturated heterocycles. The lowest BCUT2D eigenvalue weighted by atomic mass is 10.1. The predicted molar refractivity (Wildman–Crippen MR) is 116 cm³/mol. The zero-order valence-electron chi connectivity index (χ0n) is 18.1. The molecule has 1 heterocycles. The second kappa shape index (κ2) is 10.9. The number of nitrogens with one attached hydrogen (secondary N) is 1. The van der Waals surface area contributed by atoms with Crippen LogP contribution < -0.4 is 19.7 Å². The van der Waals surface area contributed by atoms with Crippen molar-refractivity contribution in [1.29, 1.82) is 5.26 Å². The van der Waals surface area contributed by atoms with Crippen molar-refractivity contribution in [2.45, 2.75) is 19.0 Å². The molecule has 2 aromatic rings. The lowest BCUT2D eigenvalue weighted by Gasteiger charge is -2.29. The van der Waals surface area contributed by atoms with Crippen molar-refractivity contribution < 1.29 is 32.2 Å². The molecule has 0 spiro atoms. The Bertz CT molecular complexity index is 1010. The van der Waals surface area contributed by atoms with E-state index in [9.17, 15) is 18.0 Å². The van der Waals surface area contributed by atoms with E-state index in [0.717, 1.165) is 6.07 Å². The Hall–Kier alpha value is -3.45. The highest BCUT2D eigenvalue weighted by Crippen LogP contribution is 2.37. The zero-order chi connectivity index (χ0) is 23.8. The molecule has 0 radical (unpaired) electrons. The van der Waals surface area contributed by atoms with E-state index in [1.54, 1.807) is 18.2 Å². The number of nitrogens with zero attached hydrogens (tertiary/aromatic N) is 2. The average molecular weight is 463 g/mol. The number of nitriles is 1. The number of carbonyl (C=O) groups excluding carboxylic acids is 1. The van der Waals surface area contributed by atoms with Crippen LogP contribution in [-0.2, 0) is 15.7 Å². The molecule has 1 aliphatic heterocycles. The second-order valence-electron chi connectivity index (χ2n) is 7.30. The largest absolute Gasteiger partial charge is 0.493 e. The number of rotatable bonds is 8. The van der Waals surface area contributed by atoms with Gasteiger partial charge in [0.2, 0.25) is 5.91 Å². The second-order valence-corrected chi connectivity index (χ2v) is 7.30. The number of morpholine rings is 1. The van der Waals surface area contributed by atoms with E-state index >= 15 is 0 Å². The first-order valence-electron chi connectivity index (χ1n) is 10.4. The molecule has 0 atom stereocenters.